The van der Waals surface area contributed by atoms with Gasteiger partial charge in [-0.2, -0.15) is 0 Å². The molecular formula is C15H24N2O2. The third-order valence-corrected chi connectivity index (χ3v) is 3.11. The van der Waals surface area contributed by atoms with Crippen LogP contribution in [0.4, 0.5) is 0 Å². The number of para-hydroxylation sites is 1. The number of phenolic OH excluding ortho intramolecular Hbond substituents is 1. The van der Waals surface area contributed by atoms with Crippen LogP contribution in [0.3, 0.4) is 0 Å². The van der Waals surface area contributed by atoms with E-state index in [2.05, 4.69) is 10.6 Å². The normalized spacial score (nSPS) is 13.8. The highest BCUT2D eigenvalue weighted by Crippen LogP contribution is 2.26. The number of carbonyl (C=O) groups excluding carboxylic acids is 1. The van der Waals surface area contributed by atoms with Gasteiger partial charge in [-0.1, -0.05) is 32.0 Å². The number of phenols is 1. The maximum atomic E-state index is 11.8. The van der Waals surface area contributed by atoms with E-state index in [1.807, 2.05) is 32.9 Å². The number of hydrogen-bond acceptors (Lipinski definition) is 3. The van der Waals surface area contributed by atoms with E-state index in [0.29, 0.717) is 6.54 Å². The third kappa shape index (κ3) is 4.56. The van der Waals surface area contributed by atoms with E-state index in [9.17, 15) is 9.90 Å². The molecule has 0 saturated carbocycles. The van der Waals surface area contributed by atoms with Crippen molar-refractivity contribution >= 4 is 5.91 Å². The van der Waals surface area contributed by atoms with E-state index in [1.54, 1.807) is 12.1 Å². The van der Waals surface area contributed by atoms with Gasteiger partial charge in [-0.25, -0.2) is 0 Å². The minimum atomic E-state index is -0.281. The fourth-order valence-electron chi connectivity index (χ4n) is 1.99. The second-order valence-electron chi connectivity index (χ2n) is 4.70. The first kappa shape index (κ1) is 15.5. The molecule has 0 aliphatic heterocycles. The molecule has 3 N–H and O–H groups in total. The lowest BCUT2D eigenvalue weighted by molar-refractivity contribution is -0.122. The lowest BCUT2D eigenvalue weighted by atomic mass is 10.0. The van der Waals surface area contributed by atoms with Crippen molar-refractivity contribution in [2.24, 2.45) is 0 Å². The molecule has 1 amide bonds. The molecule has 0 spiro atoms. The van der Waals surface area contributed by atoms with Crippen LogP contribution >= 0.6 is 0 Å². The molecule has 106 valence electrons. The minimum Gasteiger partial charge on any atom is -0.508 e. The van der Waals surface area contributed by atoms with Gasteiger partial charge in [-0.3, -0.25) is 10.1 Å². The highest BCUT2D eigenvalue weighted by Gasteiger charge is 2.19. The van der Waals surface area contributed by atoms with E-state index < -0.39 is 0 Å². The summed E-state index contributed by atoms with van der Waals surface area (Å²) < 4.78 is 0. The number of carbonyl (C=O) groups is 1. The van der Waals surface area contributed by atoms with Crippen molar-refractivity contribution in [3.63, 3.8) is 0 Å². The molecule has 0 heterocycles. The van der Waals surface area contributed by atoms with Gasteiger partial charge >= 0.3 is 0 Å². The predicted molar refractivity (Wildman–Crippen MR) is 77.0 cm³/mol. The fourth-order valence-corrected chi connectivity index (χ4v) is 1.99. The van der Waals surface area contributed by atoms with Gasteiger partial charge in [0, 0.05) is 18.2 Å². The van der Waals surface area contributed by atoms with Crippen LogP contribution < -0.4 is 10.6 Å². The van der Waals surface area contributed by atoms with Crippen LogP contribution in [0.25, 0.3) is 0 Å². The molecule has 0 aliphatic rings. The van der Waals surface area contributed by atoms with E-state index in [4.69, 9.17) is 0 Å². The van der Waals surface area contributed by atoms with Crippen LogP contribution in [0.5, 0.6) is 5.75 Å². The Morgan fingerprint density at radius 1 is 1.32 bits per heavy atom. The summed E-state index contributed by atoms with van der Waals surface area (Å²) in [7, 11) is 0. The predicted octanol–water partition coefficient (Wildman–Crippen LogP) is 2.35. The van der Waals surface area contributed by atoms with Crippen molar-refractivity contribution in [2.75, 3.05) is 6.54 Å². The molecule has 0 radical (unpaired) electrons. The highest BCUT2D eigenvalue weighted by molar-refractivity contribution is 5.81. The van der Waals surface area contributed by atoms with Gasteiger partial charge in [0.05, 0.1) is 6.04 Å². The second-order valence-corrected chi connectivity index (χ2v) is 4.70. The van der Waals surface area contributed by atoms with Crippen LogP contribution in [0.15, 0.2) is 24.3 Å². The molecule has 0 fully saturated rings. The topological polar surface area (TPSA) is 61.4 Å². The number of aromatic hydroxyl groups is 1. The highest BCUT2D eigenvalue weighted by atomic mass is 16.3. The summed E-state index contributed by atoms with van der Waals surface area (Å²) in [5.41, 5.74) is 0.833. The number of hydrogen-bond donors (Lipinski definition) is 3. The monoisotopic (exact) mass is 264 g/mol. The Balaban J connectivity index is 2.67. The average Bonchev–Trinajstić information content (AvgIpc) is 2.42. The van der Waals surface area contributed by atoms with Crippen LogP contribution in [0, 0.1) is 0 Å². The van der Waals surface area contributed by atoms with Crippen molar-refractivity contribution in [3.8, 4) is 5.75 Å². The Hall–Kier alpha value is -1.55. The second kappa shape index (κ2) is 7.79. The van der Waals surface area contributed by atoms with Crippen LogP contribution in [0.2, 0.25) is 0 Å². The maximum Gasteiger partial charge on any atom is 0.236 e. The van der Waals surface area contributed by atoms with Gasteiger partial charge in [0.1, 0.15) is 5.75 Å². The van der Waals surface area contributed by atoms with Crippen LogP contribution in [0.1, 0.15) is 45.2 Å². The summed E-state index contributed by atoms with van der Waals surface area (Å²) in [6.45, 7) is 6.59. The molecule has 1 rings (SSSR count). The first-order chi connectivity index (χ1) is 9.10. The van der Waals surface area contributed by atoms with Crippen molar-refractivity contribution in [1.82, 2.24) is 10.6 Å². The largest absolute Gasteiger partial charge is 0.508 e. The zero-order valence-electron chi connectivity index (χ0n) is 11.9. The van der Waals surface area contributed by atoms with Gasteiger partial charge < -0.3 is 10.4 Å². The smallest absolute Gasteiger partial charge is 0.236 e. The molecule has 0 bridgehead atoms. The van der Waals surface area contributed by atoms with Gasteiger partial charge in [-0.15, -0.1) is 0 Å². The quantitative estimate of drug-likeness (QED) is 0.708. The van der Waals surface area contributed by atoms with Gasteiger partial charge in [0.2, 0.25) is 5.91 Å². The van der Waals surface area contributed by atoms with Crippen molar-refractivity contribution in [1.29, 1.82) is 0 Å². The van der Waals surface area contributed by atoms with Crippen molar-refractivity contribution in [2.45, 2.75) is 45.7 Å². The lowest BCUT2D eigenvalue weighted by Crippen LogP contribution is -2.43. The Labute approximate surface area is 115 Å². The van der Waals surface area contributed by atoms with E-state index in [0.717, 1.165) is 18.4 Å². The molecule has 1 aromatic carbocycles. The number of nitrogens with one attached hydrogen (secondary N) is 2. The molecule has 19 heavy (non-hydrogen) atoms. The SMILES string of the molecule is CCCNC(=O)C(C)NC(CC)c1ccccc1O. The Bertz CT molecular complexity index is 407. The van der Waals surface area contributed by atoms with Crippen molar-refractivity contribution in [3.05, 3.63) is 29.8 Å². The molecule has 0 aromatic heterocycles. The van der Waals surface area contributed by atoms with Crippen LogP contribution in [-0.4, -0.2) is 23.6 Å². The zero-order chi connectivity index (χ0) is 14.3. The molecule has 2 atom stereocenters. The summed E-state index contributed by atoms with van der Waals surface area (Å²) in [5.74, 6) is 0.263. The van der Waals surface area contributed by atoms with Gasteiger partial charge in [0.25, 0.3) is 0 Å². The molecule has 0 saturated heterocycles. The molecule has 4 nitrogen and oxygen atoms in total. The first-order valence-corrected chi connectivity index (χ1v) is 6.91. The third-order valence-electron chi connectivity index (χ3n) is 3.11. The number of amides is 1. The van der Waals surface area contributed by atoms with Crippen LogP contribution in [-0.2, 0) is 4.79 Å². The van der Waals surface area contributed by atoms with Crippen molar-refractivity contribution < 1.29 is 9.90 Å². The maximum absolute atomic E-state index is 11.8. The standard InChI is InChI=1S/C15H24N2O2/c1-4-10-16-15(19)11(3)17-13(5-2)12-8-6-7-9-14(12)18/h6-9,11,13,17-18H,4-5,10H2,1-3H3,(H,16,19). The molecule has 2 unspecified atom stereocenters. The minimum absolute atomic E-state index is 0.00396. The number of benzene rings is 1. The van der Waals surface area contributed by atoms with Gasteiger partial charge in [-0.05, 0) is 25.8 Å². The van der Waals surface area contributed by atoms with E-state index >= 15 is 0 Å². The molecule has 0 aliphatic carbocycles. The number of rotatable bonds is 7. The summed E-state index contributed by atoms with van der Waals surface area (Å²) >= 11 is 0. The Kier molecular flexibility index (Phi) is 6.36. The zero-order valence-corrected chi connectivity index (χ0v) is 11.9. The summed E-state index contributed by atoms with van der Waals surface area (Å²) in [5, 5.41) is 16.0. The molecule has 4 heteroatoms. The molecule has 1 aromatic rings. The first-order valence-electron chi connectivity index (χ1n) is 6.91. The summed E-state index contributed by atoms with van der Waals surface area (Å²) in [6, 6.07) is 6.93. The average molecular weight is 264 g/mol. The molecular weight excluding hydrogens is 240 g/mol. The Morgan fingerprint density at radius 3 is 2.58 bits per heavy atom. The fraction of sp³-hybridized carbons (Fsp3) is 0.533. The Morgan fingerprint density at radius 2 is 2.00 bits per heavy atom. The summed E-state index contributed by atoms with van der Waals surface area (Å²) in [6.07, 6.45) is 1.73. The van der Waals surface area contributed by atoms with E-state index in [1.165, 1.54) is 0 Å². The lowest BCUT2D eigenvalue weighted by Gasteiger charge is -2.22. The summed E-state index contributed by atoms with van der Waals surface area (Å²) in [4.78, 5) is 11.8. The van der Waals surface area contributed by atoms with E-state index in [-0.39, 0.29) is 23.7 Å². The van der Waals surface area contributed by atoms with Gasteiger partial charge in [0.15, 0.2) is 0 Å².